The van der Waals surface area contributed by atoms with Crippen LogP contribution in [0.25, 0.3) is 0 Å². The number of nitro benzene ring substituents is 1. The van der Waals surface area contributed by atoms with Crippen LogP contribution in [0.3, 0.4) is 0 Å². The van der Waals surface area contributed by atoms with E-state index in [0.717, 1.165) is 17.7 Å². The lowest BCUT2D eigenvalue weighted by molar-refractivity contribution is -0.384. The van der Waals surface area contributed by atoms with E-state index in [0.29, 0.717) is 50.0 Å². The summed E-state index contributed by atoms with van der Waals surface area (Å²) in [5, 5.41) is 11.4. The van der Waals surface area contributed by atoms with Gasteiger partial charge in [-0.1, -0.05) is 12.1 Å². The Morgan fingerprint density at radius 1 is 1.18 bits per heavy atom. The second-order valence-electron chi connectivity index (χ2n) is 8.07. The largest absolute Gasteiger partial charge is 0.493 e. The SMILES string of the molecule is COc1cccc(CN(C)C(=O)C2CCN(c3ccc(C(F)(F)F)cc3[N+](=O)[O-])CC2)c1OC. The van der Waals surface area contributed by atoms with Crippen LogP contribution >= 0.6 is 0 Å². The highest BCUT2D eigenvalue weighted by Crippen LogP contribution is 2.38. The summed E-state index contributed by atoms with van der Waals surface area (Å²) >= 11 is 0. The van der Waals surface area contributed by atoms with E-state index >= 15 is 0 Å². The molecule has 0 unspecified atom stereocenters. The molecule has 0 aliphatic carbocycles. The number of hydrogen-bond acceptors (Lipinski definition) is 6. The summed E-state index contributed by atoms with van der Waals surface area (Å²) in [6, 6.07) is 7.95. The van der Waals surface area contributed by atoms with Crippen molar-refractivity contribution in [3.8, 4) is 11.5 Å². The molecule has 0 spiro atoms. The highest BCUT2D eigenvalue weighted by atomic mass is 19.4. The molecule has 2 aromatic carbocycles. The molecule has 0 saturated carbocycles. The highest BCUT2D eigenvalue weighted by molar-refractivity contribution is 5.79. The van der Waals surface area contributed by atoms with Gasteiger partial charge >= 0.3 is 6.18 Å². The molecule has 34 heavy (non-hydrogen) atoms. The summed E-state index contributed by atoms with van der Waals surface area (Å²) in [5.41, 5.74) is -0.752. The molecule has 0 aromatic heterocycles. The maximum Gasteiger partial charge on any atom is 0.416 e. The normalized spacial score (nSPS) is 14.6. The van der Waals surface area contributed by atoms with Gasteiger partial charge in [-0.2, -0.15) is 13.2 Å². The van der Waals surface area contributed by atoms with Crippen molar-refractivity contribution in [2.75, 3.05) is 39.3 Å². The number of piperidine rings is 1. The standard InChI is InChI=1S/C23H26F3N3O5/c1-27(14-16-5-4-6-20(33-2)21(16)34-3)22(30)15-9-11-28(12-10-15)18-8-7-17(23(24,25)26)13-19(18)29(31)32/h4-8,13,15H,9-12,14H2,1-3H3. The highest BCUT2D eigenvalue weighted by Gasteiger charge is 2.35. The molecule has 1 heterocycles. The van der Waals surface area contributed by atoms with E-state index in [4.69, 9.17) is 9.47 Å². The fourth-order valence-corrected chi connectivity index (χ4v) is 4.20. The Labute approximate surface area is 195 Å². The van der Waals surface area contributed by atoms with E-state index < -0.39 is 22.4 Å². The Hall–Kier alpha value is -3.50. The van der Waals surface area contributed by atoms with E-state index in [-0.39, 0.29) is 17.5 Å². The van der Waals surface area contributed by atoms with Crippen molar-refractivity contribution in [1.82, 2.24) is 4.90 Å². The first kappa shape index (κ1) is 25.1. The Bertz CT molecular complexity index is 1050. The number of hydrogen-bond donors (Lipinski definition) is 0. The number of carbonyl (C=O) groups is 1. The third kappa shape index (κ3) is 5.35. The van der Waals surface area contributed by atoms with Gasteiger partial charge in [-0.25, -0.2) is 0 Å². The monoisotopic (exact) mass is 481 g/mol. The van der Waals surface area contributed by atoms with Crippen molar-refractivity contribution in [2.24, 2.45) is 5.92 Å². The summed E-state index contributed by atoms with van der Waals surface area (Å²) in [6.07, 6.45) is -3.81. The molecule has 0 radical (unpaired) electrons. The van der Waals surface area contributed by atoms with Crippen LogP contribution in [0.4, 0.5) is 24.5 Å². The van der Waals surface area contributed by atoms with Crippen LogP contribution in [0.5, 0.6) is 11.5 Å². The number of carbonyl (C=O) groups excluding carboxylic acids is 1. The maximum absolute atomic E-state index is 13.0. The molecule has 1 aliphatic rings. The van der Waals surface area contributed by atoms with E-state index in [9.17, 15) is 28.1 Å². The minimum Gasteiger partial charge on any atom is -0.493 e. The molecule has 0 bridgehead atoms. The summed E-state index contributed by atoms with van der Waals surface area (Å²) in [5.74, 6) is 0.735. The minimum atomic E-state index is -4.67. The number of nitro groups is 1. The van der Waals surface area contributed by atoms with Gasteiger partial charge in [0.25, 0.3) is 5.69 Å². The second kappa shape index (κ2) is 10.2. The zero-order valence-electron chi connectivity index (χ0n) is 19.1. The molecule has 1 aliphatic heterocycles. The van der Waals surface area contributed by atoms with Crippen molar-refractivity contribution in [1.29, 1.82) is 0 Å². The van der Waals surface area contributed by atoms with Gasteiger partial charge in [0.1, 0.15) is 5.69 Å². The summed E-state index contributed by atoms with van der Waals surface area (Å²) in [7, 11) is 4.75. The number of benzene rings is 2. The molecular weight excluding hydrogens is 455 g/mol. The Kier molecular flexibility index (Phi) is 7.53. The first-order chi connectivity index (χ1) is 16.1. The molecule has 0 N–H and O–H groups in total. The van der Waals surface area contributed by atoms with Crippen LogP contribution in [-0.4, -0.2) is 50.1 Å². The maximum atomic E-state index is 13.0. The molecule has 1 fully saturated rings. The second-order valence-corrected chi connectivity index (χ2v) is 8.07. The zero-order valence-corrected chi connectivity index (χ0v) is 19.1. The Morgan fingerprint density at radius 2 is 1.85 bits per heavy atom. The third-order valence-corrected chi connectivity index (χ3v) is 5.95. The number of rotatable bonds is 7. The van der Waals surface area contributed by atoms with Crippen LogP contribution < -0.4 is 14.4 Å². The molecule has 184 valence electrons. The number of amides is 1. The average molecular weight is 481 g/mol. The van der Waals surface area contributed by atoms with E-state index in [1.165, 1.54) is 14.2 Å². The molecule has 0 atom stereocenters. The van der Waals surface area contributed by atoms with E-state index in [2.05, 4.69) is 0 Å². The van der Waals surface area contributed by atoms with Crippen LogP contribution in [0, 0.1) is 16.0 Å². The number of methoxy groups -OCH3 is 2. The molecule has 2 aromatic rings. The number of alkyl halides is 3. The molecule has 11 heteroatoms. The lowest BCUT2D eigenvalue weighted by Gasteiger charge is -2.34. The lowest BCUT2D eigenvalue weighted by atomic mass is 9.94. The van der Waals surface area contributed by atoms with Crippen LogP contribution in [-0.2, 0) is 17.5 Å². The lowest BCUT2D eigenvalue weighted by Crippen LogP contribution is -2.41. The first-order valence-electron chi connectivity index (χ1n) is 10.6. The number of anilines is 1. The number of nitrogens with zero attached hydrogens (tertiary/aromatic N) is 3. The van der Waals surface area contributed by atoms with Gasteiger partial charge in [0.15, 0.2) is 11.5 Å². The summed E-state index contributed by atoms with van der Waals surface area (Å²) in [6.45, 7) is 0.946. The predicted octanol–water partition coefficient (Wildman–Crippen LogP) is 4.51. The van der Waals surface area contributed by atoms with Gasteiger partial charge in [0, 0.05) is 44.2 Å². The fourth-order valence-electron chi connectivity index (χ4n) is 4.20. The van der Waals surface area contributed by atoms with Crippen molar-refractivity contribution in [2.45, 2.75) is 25.6 Å². The number of ether oxygens (including phenoxy) is 2. The summed E-state index contributed by atoms with van der Waals surface area (Å²) in [4.78, 5) is 26.9. The first-order valence-corrected chi connectivity index (χ1v) is 10.6. The molecule has 3 rings (SSSR count). The molecule has 1 amide bonds. The zero-order chi connectivity index (χ0) is 25.0. The minimum absolute atomic E-state index is 0.0774. The third-order valence-electron chi connectivity index (χ3n) is 5.95. The van der Waals surface area contributed by atoms with Crippen molar-refractivity contribution < 1.29 is 32.4 Å². The van der Waals surface area contributed by atoms with Gasteiger partial charge < -0.3 is 19.3 Å². The van der Waals surface area contributed by atoms with Crippen LogP contribution in [0.2, 0.25) is 0 Å². The Balaban J connectivity index is 1.68. The van der Waals surface area contributed by atoms with Crippen LogP contribution in [0.15, 0.2) is 36.4 Å². The van der Waals surface area contributed by atoms with Crippen molar-refractivity contribution in [3.05, 3.63) is 57.6 Å². The van der Waals surface area contributed by atoms with Crippen LogP contribution in [0.1, 0.15) is 24.0 Å². The van der Waals surface area contributed by atoms with Gasteiger partial charge in [-0.15, -0.1) is 0 Å². The fraction of sp³-hybridized carbons (Fsp3) is 0.435. The number of halogens is 3. The topological polar surface area (TPSA) is 85.2 Å². The van der Waals surface area contributed by atoms with E-state index in [1.54, 1.807) is 22.9 Å². The quantitative estimate of drug-likeness (QED) is 0.428. The average Bonchev–Trinajstić information content (AvgIpc) is 2.82. The summed E-state index contributed by atoms with van der Waals surface area (Å²) < 4.78 is 49.6. The van der Waals surface area contributed by atoms with Crippen molar-refractivity contribution >= 4 is 17.3 Å². The van der Waals surface area contributed by atoms with Crippen molar-refractivity contribution in [3.63, 3.8) is 0 Å². The molecule has 1 saturated heterocycles. The predicted molar refractivity (Wildman–Crippen MR) is 119 cm³/mol. The van der Waals surface area contributed by atoms with Gasteiger partial charge in [0.05, 0.1) is 24.7 Å². The van der Waals surface area contributed by atoms with Gasteiger partial charge in [-0.3, -0.25) is 14.9 Å². The Morgan fingerprint density at radius 3 is 2.41 bits per heavy atom. The number of para-hydroxylation sites is 1. The van der Waals surface area contributed by atoms with E-state index in [1.807, 2.05) is 12.1 Å². The molecular formula is C23H26F3N3O5. The van der Waals surface area contributed by atoms with Gasteiger partial charge in [0.2, 0.25) is 5.91 Å². The smallest absolute Gasteiger partial charge is 0.416 e. The molecule has 8 nitrogen and oxygen atoms in total. The van der Waals surface area contributed by atoms with Gasteiger partial charge in [-0.05, 0) is 31.0 Å².